The van der Waals surface area contributed by atoms with Crippen molar-refractivity contribution < 1.29 is 24.5 Å². The van der Waals surface area contributed by atoms with Crippen LogP contribution in [0.15, 0.2) is 0 Å². The zero-order valence-electron chi connectivity index (χ0n) is 12.3. The van der Waals surface area contributed by atoms with Crippen LogP contribution < -0.4 is 0 Å². The van der Waals surface area contributed by atoms with E-state index in [0.29, 0.717) is 19.8 Å². The van der Waals surface area contributed by atoms with Crippen molar-refractivity contribution in [3.05, 3.63) is 0 Å². The summed E-state index contributed by atoms with van der Waals surface area (Å²) in [6.45, 7) is 7.48. The van der Waals surface area contributed by atoms with Crippen LogP contribution >= 0.6 is 0 Å². The van der Waals surface area contributed by atoms with Gasteiger partial charge in [-0.2, -0.15) is 0 Å². The summed E-state index contributed by atoms with van der Waals surface area (Å²) in [4.78, 5) is 10.9. The van der Waals surface area contributed by atoms with Gasteiger partial charge in [-0.1, -0.05) is 33.6 Å². The van der Waals surface area contributed by atoms with Gasteiger partial charge in [-0.05, 0) is 12.8 Å². The fourth-order valence-electron chi connectivity index (χ4n) is 1.68. The fourth-order valence-corrected chi connectivity index (χ4v) is 1.68. The maximum absolute atomic E-state index is 10.9. The number of aliphatic hydroxyl groups is 1. The Morgan fingerprint density at radius 2 is 1.74 bits per heavy atom. The molecule has 0 aromatic heterocycles. The van der Waals surface area contributed by atoms with Gasteiger partial charge in [0.2, 0.25) is 0 Å². The molecule has 3 atom stereocenters. The van der Waals surface area contributed by atoms with E-state index in [2.05, 4.69) is 6.92 Å². The van der Waals surface area contributed by atoms with E-state index in [-0.39, 0.29) is 5.92 Å². The number of unbranched alkanes of at least 4 members (excludes halogenated alkanes) is 2. The Morgan fingerprint density at radius 1 is 1.16 bits per heavy atom. The lowest BCUT2D eigenvalue weighted by molar-refractivity contribution is -0.160. The number of carboxylic acid groups (broad SMARTS) is 1. The molecule has 0 aromatic carbocycles. The average molecular weight is 276 g/mol. The first kappa shape index (κ1) is 18.4. The van der Waals surface area contributed by atoms with Crippen LogP contribution in [0.25, 0.3) is 0 Å². The summed E-state index contributed by atoms with van der Waals surface area (Å²) in [6, 6.07) is 0. The zero-order valence-corrected chi connectivity index (χ0v) is 12.3. The highest BCUT2D eigenvalue weighted by molar-refractivity contribution is 5.72. The fraction of sp³-hybridized carbons (Fsp3) is 0.929. The van der Waals surface area contributed by atoms with Gasteiger partial charge in [0.15, 0.2) is 6.10 Å². The first-order valence-electron chi connectivity index (χ1n) is 7.14. The van der Waals surface area contributed by atoms with Crippen molar-refractivity contribution in [3.63, 3.8) is 0 Å². The van der Waals surface area contributed by atoms with Gasteiger partial charge in [-0.15, -0.1) is 0 Å². The van der Waals surface area contributed by atoms with E-state index in [9.17, 15) is 9.90 Å². The molecule has 19 heavy (non-hydrogen) atoms. The molecule has 0 aliphatic rings. The minimum Gasteiger partial charge on any atom is -0.479 e. The first-order chi connectivity index (χ1) is 9.04. The topological polar surface area (TPSA) is 76.0 Å². The van der Waals surface area contributed by atoms with Crippen molar-refractivity contribution >= 4 is 5.97 Å². The number of ether oxygens (including phenoxy) is 2. The van der Waals surface area contributed by atoms with E-state index >= 15 is 0 Å². The van der Waals surface area contributed by atoms with Gasteiger partial charge in [0.05, 0.1) is 12.7 Å². The number of hydrogen-bond acceptors (Lipinski definition) is 4. The molecule has 0 spiro atoms. The van der Waals surface area contributed by atoms with E-state index in [4.69, 9.17) is 14.6 Å². The van der Waals surface area contributed by atoms with E-state index in [1.54, 1.807) is 0 Å². The Bertz CT molecular complexity index is 232. The smallest absolute Gasteiger partial charge is 0.335 e. The molecule has 2 N–H and O–H groups in total. The Morgan fingerprint density at radius 3 is 2.26 bits per heavy atom. The molecule has 0 amide bonds. The predicted molar refractivity (Wildman–Crippen MR) is 73.2 cm³/mol. The van der Waals surface area contributed by atoms with Gasteiger partial charge in [-0.3, -0.25) is 0 Å². The van der Waals surface area contributed by atoms with E-state index in [1.807, 2.05) is 13.8 Å². The van der Waals surface area contributed by atoms with Crippen LogP contribution in [0.2, 0.25) is 0 Å². The molecule has 114 valence electrons. The molecule has 0 radical (unpaired) electrons. The number of carbonyl (C=O) groups is 1. The Hall–Kier alpha value is -0.650. The number of rotatable bonds is 12. The lowest BCUT2D eigenvalue weighted by atomic mass is 10.0. The summed E-state index contributed by atoms with van der Waals surface area (Å²) < 4.78 is 11.0. The number of hydrogen-bond donors (Lipinski definition) is 2. The molecule has 0 saturated heterocycles. The number of aliphatic hydroxyl groups excluding tert-OH is 1. The van der Waals surface area contributed by atoms with E-state index in [0.717, 1.165) is 25.7 Å². The second-order valence-electron chi connectivity index (χ2n) is 4.88. The van der Waals surface area contributed by atoms with Crippen molar-refractivity contribution in [1.82, 2.24) is 0 Å². The molecule has 0 aliphatic heterocycles. The lowest BCUT2D eigenvalue weighted by Crippen LogP contribution is -2.42. The van der Waals surface area contributed by atoms with Crippen molar-refractivity contribution in [2.24, 2.45) is 5.92 Å². The van der Waals surface area contributed by atoms with Gasteiger partial charge in [0, 0.05) is 19.1 Å². The quantitative estimate of drug-likeness (QED) is 0.534. The van der Waals surface area contributed by atoms with Crippen molar-refractivity contribution in [1.29, 1.82) is 0 Å². The monoisotopic (exact) mass is 276 g/mol. The predicted octanol–water partition coefficient (Wildman–Crippen LogP) is 2.07. The molecular weight excluding hydrogens is 248 g/mol. The molecule has 0 saturated carbocycles. The minimum atomic E-state index is -1.50. The molecule has 0 fully saturated rings. The van der Waals surface area contributed by atoms with Gasteiger partial charge in [0.25, 0.3) is 0 Å². The second kappa shape index (κ2) is 11.2. The summed E-state index contributed by atoms with van der Waals surface area (Å²) in [5.41, 5.74) is 0. The summed E-state index contributed by atoms with van der Waals surface area (Å²) in [5, 5.41) is 18.6. The highest BCUT2D eigenvalue weighted by atomic mass is 16.5. The summed E-state index contributed by atoms with van der Waals surface area (Å²) in [6.07, 6.45) is 1.65. The maximum atomic E-state index is 10.9. The van der Waals surface area contributed by atoms with Crippen molar-refractivity contribution in [2.45, 2.75) is 58.7 Å². The van der Waals surface area contributed by atoms with Gasteiger partial charge >= 0.3 is 5.97 Å². The van der Waals surface area contributed by atoms with Crippen LogP contribution in [0.5, 0.6) is 0 Å². The van der Waals surface area contributed by atoms with Crippen LogP contribution in [0.3, 0.4) is 0 Å². The average Bonchev–Trinajstić information content (AvgIpc) is 2.38. The van der Waals surface area contributed by atoms with E-state index in [1.165, 1.54) is 0 Å². The molecule has 0 bridgehead atoms. The van der Waals surface area contributed by atoms with Crippen LogP contribution in [0.1, 0.15) is 46.5 Å². The van der Waals surface area contributed by atoms with Crippen LogP contribution in [0, 0.1) is 5.92 Å². The molecule has 5 nitrogen and oxygen atoms in total. The summed E-state index contributed by atoms with van der Waals surface area (Å²) in [7, 11) is 0. The summed E-state index contributed by atoms with van der Waals surface area (Å²) in [5.74, 6) is -1.40. The third-order valence-corrected chi connectivity index (χ3v) is 2.96. The molecular formula is C14H28O5. The van der Waals surface area contributed by atoms with Gasteiger partial charge < -0.3 is 19.7 Å². The molecule has 5 heteroatoms. The largest absolute Gasteiger partial charge is 0.479 e. The van der Waals surface area contributed by atoms with Gasteiger partial charge in [0.1, 0.15) is 0 Å². The SMILES string of the molecule is CCCCOC[C@H](C)[C@@H](OCCCC)[C@@H](O)C(=O)O. The third kappa shape index (κ3) is 8.18. The Labute approximate surface area is 115 Å². The number of carboxylic acids is 1. The highest BCUT2D eigenvalue weighted by Gasteiger charge is 2.31. The standard InChI is InChI=1S/C14H28O5/c1-4-6-8-18-10-11(3)13(12(15)14(16)17)19-9-7-5-2/h11-13,15H,4-10H2,1-3H3,(H,16,17)/t11-,12+,13+/m0/s1. The van der Waals surface area contributed by atoms with Crippen LogP contribution in [-0.4, -0.2) is 48.2 Å². The number of aliphatic carboxylic acids is 1. The van der Waals surface area contributed by atoms with Crippen LogP contribution in [-0.2, 0) is 14.3 Å². The lowest BCUT2D eigenvalue weighted by Gasteiger charge is -2.26. The molecule has 0 rings (SSSR count). The van der Waals surface area contributed by atoms with Crippen molar-refractivity contribution in [2.75, 3.05) is 19.8 Å². The first-order valence-corrected chi connectivity index (χ1v) is 7.14. The van der Waals surface area contributed by atoms with Crippen molar-refractivity contribution in [3.8, 4) is 0 Å². The second-order valence-corrected chi connectivity index (χ2v) is 4.88. The molecule has 0 unspecified atom stereocenters. The minimum absolute atomic E-state index is 0.153. The van der Waals surface area contributed by atoms with Crippen LogP contribution in [0.4, 0.5) is 0 Å². The highest BCUT2D eigenvalue weighted by Crippen LogP contribution is 2.14. The normalized spacial score (nSPS) is 16.0. The molecule has 0 heterocycles. The maximum Gasteiger partial charge on any atom is 0.335 e. The zero-order chi connectivity index (χ0) is 14.7. The van der Waals surface area contributed by atoms with Gasteiger partial charge in [-0.25, -0.2) is 4.79 Å². The molecule has 0 aromatic rings. The van der Waals surface area contributed by atoms with E-state index < -0.39 is 18.2 Å². The third-order valence-electron chi connectivity index (χ3n) is 2.96. The molecule has 0 aliphatic carbocycles. The summed E-state index contributed by atoms with van der Waals surface area (Å²) >= 11 is 0. The Balaban J connectivity index is 4.24. The Kier molecular flexibility index (Phi) is 10.8.